The van der Waals surface area contributed by atoms with Crippen LogP contribution in [0.3, 0.4) is 0 Å². The largest absolute Gasteiger partial charge is 0.347 e. The summed E-state index contributed by atoms with van der Waals surface area (Å²) in [6, 6.07) is 14.5. The average Bonchev–Trinajstić information content (AvgIpc) is 3.09. The number of thiophene rings is 1. The van der Waals surface area contributed by atoms with E-state index in [1.165, 1.54) is 16.9 Å². The third-order valence-electron chi connectivity index (χ3n) is 3.65. The molecule has 5 heteroatoms. The van der Waals surface area contributed by atoms with Gasteiger partial charge in [-0.1, -0.05) is 30.3 Å². The van der Waals surface area contributed by atoms with Crippen molar-refractivity contribution >= 4 is 33.2 Å². The minimum atomic E-state index is 0.0391. The lowest BCUT2D eigenvalue weighted by molar-refractivity contribution is 0.0942. The van der Waals surface area contributed by atoms with E-state index in [0.717, 1.165) is 34.7 Å². The van der Waals surface area contributed by atoms with E-state index in [1.807, 2.05) is 18.2 Å². The van der Waals surface area contributed by atoms with Crippen molar-refractivity contribution in [2.75, 3.05) is 13.1 Å². The number of amides is 1. The molecule has 1 aromatic carbocycles. The van der Waals surface area contributed by atoms with E-state index in [4.69, 9.17) is 0 Å². The van der Waals surface area contributed by atoms with Crippen molar-refractivity contribution < 1.29 is 4.79 Å². The van der Waals surface area contributed by atoms with Crippen LogP contribution >= 0.6 is 27.3 Å². The minimum Gasteiger partial charge on any atom is -0.347 e. The molecule has 21 heavy (non-hydrogen) atoms. The standard InChI is InChI=1S/C16H17BrN2OS/c17-15-7-6-14(21-15)16(20)18-13-8-9-19(11-13)10-12-4-2-1-3-5-12/h1-7,13H,8-11H2,(H,18,20)/t13-/m1/s1. The molecule has 2 heterocycles. The summed E-state index contributed by atoms with van der Waals surface area (Å²) in [4.78, 5) is 15.3. The predicted molar refractivity (Wildman–Crippen MR) is 89.6 cm³/mol. The first-order valence-corrected chi connectivity index (χ1v) is 8.64. The summed E-state index contributed by atoms with van der Waals surface area (Å²) in [6.45, 7) is 2.92. The van der Waals surface area contributed by atoms with E-state index >= 15 is 0 Å². The number of hydrogen-bond donors (Lipinski definition) is 1. The van der Waals surface area contributed by atoms with Crippen molar-refractivity contribution in [3.8, 4) is 0 Å². The van der Waals surface area contributed by atoms with E-state index in [2.05, 4.69) is 50.4 Å². The lowest BCUT2D eigenvalue weighted by atomic mass is 10.2. The van der Waals surface area contributed by atoms with Crippen LogP contribution < -0.4 is 5.32 Å². The summed E-state index contributed by atoms with van der Waals surface area (Å²) in [5.74, 6) is 0.0391. The normalized spacial score (nSPS) is 18.8. The van der Waals surface area contributed by atoms with E-state index in [9.17, 15) is 4.79 Å². The van der Waals surface area contributed by atoms with Gasteiger partial charge in [-0.2, -0.15) is 0 Å². The molecule has 0 saturated carbocycles. The summed E-state index contributed by atoms with van der Waals surface area (Å²) in [5, 5.41) is 3.13. The van der Waals surface area contributed by atoms with Crippen LogP contribution in [-0.2, 0) is 6.54 Å². The van der Waals surface area contributed by atoms with Crippen LogP contribution in [0.1, 0.15) is 21.7 Å². The van der Waals surface area contributed by atoms with Gasteiger partial charge in [-0.25, -0.2) is 0 Å². The first-order chi connectivity index (χ1) is 10.2. The topological polar surface area (TPSA) is 32.3 Å². The Hall–Kier alpha value is -1.17. The molecular weight excluding hydrogens is 348 g/mol. The van der Waals surface area contributed by atoms with Crippen molar-refractivity contribution in [3.63, 3.8) is 0 Å². The lowest BCUT2D eigenvalue weighted by Gasteiger charge is -2.16. The first kappa shape index (κ1) is 14.8. The molecule has 0 radical (unpaired) electrons. The van der Waals surface area contributed by atoms with Gasteiger partial charge < -0.3 is 5.32 Å². The minimum absolute atomic E-state index is 0.0391. The molecule has 1 atom stereocenters. The highest BCUT2D eigenvalue weighted by molar-refractivity contribution is 9.11. The molecular formula is C16H17BrN2OS. The molecule has 1 N–H and O–H groups in total. The molecule has 2 aromatic rings. The highest BCUT2D eigenvalue weighted by Crippen LogP contribution is 2.22. The van der Waals surface area contributed by atoms with Gasteiger partial charge in [-0.05, 0) is 40.0 Å². The van der Waals surface area contributed by atoms with Crippen LogP contribution in [0.15, 0.2) is 46.3 Å². The molecule has 1 aliphatic rings. The fourth-order valence-electron chi connectivity index (χ4n) is 2.63. The fraction of sp³-hybridized carbons (Fsp3) is 0.312. The maximum atomic E-state index is 12.1. The van der Waals surface area contributed by atoms with Crippen LogP contribution in [0.4, 0.5) is 0 Å². The van der Waals surface area contributed by atoms with E-state index in [1.54, 1.807) is 0 Å². The van der Waals surface area contributed by atoms with Gasteiger partial charge in [0.1, 0.15) is 0 Å². The van der Waals surface area contributed by atoms with Crippen LogP contribution in [0.2, 0.25) is 0 Å². The quantitative estimate of drug-likeness (QED) is 0.899. The van der Waals surface area contributed by atoms with E-state index < -0.39 is 0 Å². The molecule has 3 rings (SSSR count). The Kier molecular flexibility index (Phi) is 4.73. The number of hydrogen-bond acceptors (Lipinski definition) is 3. The van der Waals surface area contributed by atoms with Crippen molar-refractivity contribution in [3.05, 3.63) is 56.7 Å². The number of rotatable bonds is 4. The van der Waals surface area contributed by atoms with Gasteiger partial charge in [0.15, 0.2) is 0 Å². The van der Waals surface area contributed by atoms with Gasteiger partial charge in [0.2, 0.25) is 0 Å². The van der Waals surface area contributed by atoms with E-state index in [0.29, 0.717) is 0 Å². The maximum absolute atomic E-state index is 12.1. The average molecular weight is 365 g/mol. The Morgan fingerprint density at radius 2 is 2.10 bits per heavy atom. The Balaban J connectivity index is 1.52. The zero-order valence-corrected chi connectivity index (χ0v) is 14.0. The van der Waals surface area contributed by atoms with Gasteiger partial charge in [0.05, 0.1) is 8.66 Å². The highest BCUT2D eigenvalue weighted by Gasteiger charge is 2.24. The van der Waals surface area contributed by atoms with Crippen molar-refractivity contribution in [1.29, 1.82) is 0 Å². The number of nitrogens with zero attached hydrogens (tertiary/aromatic N) is 1. The molecule has 0 unspecified atom stereocenters. The predicted octanol–water partition coefficient (Wildman–Crippen LogP) is 3.51. The van der Waals surface area contributed by atoms with Gasteiger partial charge in [0.25, 0.3) is 5.91 Å². The number of carbonyl (C=O) groups is 1. The SMILES string of the molecule is O=C(N[C@@H]1CCN(Cc2ccccc2)C1)c1ccc(Br)s1. The monoisotopic (exact) mass is 364 g/mol. The highest BCUT2D eigenvalue weighted by atomic mass is 79.9. The Morgan fingerprint density at radius 1 is 1.29 bits per heavy atom. The van der Waals surface area contributed by atoms with Crippen LogP contribution in [-0.4, -0.2) is 29.9 Å². The Bertz CT molecular complexity index is 614. The van der Waals surface area contributed by atoms with Gasteiger partial charge in [-0.15, -0.1) is 11.3 Å². The molecule has 1 amide bonds. The molecule has 110 valence electrons. The molecule has 1 aliphatic heterocycles. The second-order valence-electron chi connectivity index (χ2n) is 5.28. The number of likely N-dealkylation sites (tertiary alicyclic amines) is 1. The zero-order valence-electron chi connectivity index (χ0n) is 11.6. The zero-order chi connectivity index (χ0) is 14.7. The number of nitrogens with one attached hydrogen (secondary N) is 1. The summed E-state index contributed by atoms with van der Waals surface area (Å²) in [7, 11) is 0. The second kappa shape index (κ2) is 6.73. The van der Waals surface area contributed by atoms with Crippen molar-refractivity contribution in [2.24, 2.45) is 0 Å². The number of carbonyl (C=O) groups excluding carboxylic acids is 1. The third kappa shape index (κ3) is 3.93. The van der Waals surface area contributed by atoms with Crippen molar-refractivity contribution in [2.45, 2.75) is 19.0 Å². The summed E-state index contributed by atoms with van der Waals surface area (Å²) in [5.41, 5.74) is 1.33. The smallest absolute Gasteiger partial charge is 0.261 e. The summed E-state index contributed by atoms with van der Waals surface area (Å²) >= 11 is 4.86. The lowest BCUT2D eigenvalue weighted by Crippen LogP contribution is -2.36. The Labute approximate surface area is 137 Å². The molecule has 1 fully saturated rings. The summed E-state index contributed by atoms with van der Waals surface area (Å²) < 4.78 is 0.991. The number of halogens is 1. The third-order valence-corrected chi connectivity index (χ3v) is 5.28. The van der Waals surface area contributed by atoms with Crippen molar-refractivity contribution in [1.82, 2.24) is 10.2 Å². The maximum Gasteiger partial charge on any atom is 0.261 e. The first-order valence-electron chi connectivity index (χ1n) is 7.03. The Morgan fingerprint density at radius 3 is 2.81 bits per heavy atom. The molecule has 0 aliphatic carbocycles. The molecule has 0 spiro atoms. The van der Waals surface area contributed by atoms with Gasteiger partial charge in [-0.3, -0.25) is 9.69 Å². The van der Waals surface area contributed by atoms with Crippen LogP contribution in [0, 0.1) is 0 Å². The molecule has 0 bridgehead atoms. The van der Waals surface area contributed by atoms with Gasteiger partial charge in [0, 0.05) is 25.7 Å². The molecule has 1 aromatic heterocycles. The summed E-state index contributed by atoms with van der Waals surface area (Å²) in [6.07, 6.45) is 1.02. The molecule has 3 nitrogen and oxygen atoms in total. The van der Waals surface area contributed by atoms with E-state index in [-0.39, 0.29) is 11.9 Å². The molecule has 1 saturated heterocycles. The second-order valence-corrected chi connectivity index (χ2v) is 7.75. The number of benzene rings is 1. The van der Waals surface area contributed by atoms with Crippen LogP contribution in [0.25, 0.3) is 0 Å². The van der Waals surface area contributed by atoms with Crippen LogP contribution in [0.5, 0.6) is 0 Å². The fourth-order valence-corrected chi connectivity index (χ4v) is 3.92. The van der Waals surface area contributed by atoms with Gasteiger partial charge >= 0.3 is 0 Å².